The van der Waals surface area contributed by atoms with Gasteiger partial charge in [0.2, 0.25) is 0 Å². The quantitative estimate of drug-likeness (QED) is 0.256. The summed E-state index contributed by atoms with van der Waals surface area (Å²) in [5, 5.41) is 7.69. The smallest absolute Gasteiger partial charge is 0.350 e. The summed E-state index contributed by atoms with van der Waals surface area (Å²) in [6, 6.07) is 0.175. The van der Waals surface area contributed by atoms with Crippen LogP contribution in [0, 0.1) is 12.3 Å². The van der Waals surface area contributed by atoms with E-state index in [2.05, 4.69) is 41.4 Å². The lowest BCUT2D eigenvalue weighted by molar-refractivity contribution is -0.176. The molecule has 0 amide bonds. The van der Waals surface area contributed by atoms with E-state index in [-0.39, 0.29) is 53.0 Å². The van der Waals surface area contributed by atoms with E-state index >= 15 is 0 Å². The van der Waals surface area contributed by atoms with E-state index in [0.717, 1.165) is 11.4 Å². The Morgan fingerprint density at radius 3 is 2.57 bits per heavy atom. The molecule has 3 unspecified atom stereocenters. The van der Waals surface area contributed by atoms with E-state index in [1.165, 1.54) is 11.3 Å². The highest BCUT2D eigenvalue weighted by molar-refractivity contribution is 14.0. The van der Waals surface area contributed by atoms with Crippen LogP contribution in [0.4, 0.5) is 0 Å². The first-order valence-corrected chi connectivity index (χ1v) is 10.1. The lowest BCUT2D eigenvalue weighted by Crippen LogP contribution is -2.69. The van der Waals surface area contributed by atoms with Gasteiger partial charge in [-0.1, -0.05) is 13.8 Å². The number of aromatic nitrogens is 1. The Balaban J connectivity index is 0.00000392. The van der Waals surface area contributed by atoms with Gasteiger partial charge in [-0.05, 0) is 34.1 Å². The highest BCUT2D eigenvalue weighted by Gasteiger charge is 2.58. The van der Waals surface area contributed by atoms with Crippen molar-refractivity contribution in [2.75, 3.05) is 20.8 Å². The Morgan fingerprint density at radius 1 is 1.43 bits per heavy atom. The van der Waals surface area contributed by atoms with Gasteiger partial charge in [0.1, 0.15) is 9.88 Å². The summed E-state index contributed by atoms with van der Waals surface area (Å²) in [5.74, 6) is 0.396. The summed E-state index contributed by atoms with van der Waals surface area (Å²) in [4.78, 5) is 21.4. The number of rotatable bonds is 6. The first-order valence-electron chi connectivity index (χ1n) is 9.29. The maximum atomic E-state index is 12.0. The van der Waals surface area contributed by atoms with Crippen molar-refractivity contribution < 1.29 is 14.3 Å². The van der Waals surface area contributed by atoms with E-state index < -0.39 is 0 Å². The SMILES string of the molecule is CCOC(=O)c1sc(C(C)NC(=NC)NC2CC(C)(OC)C2(C)C)nc1C.I. The molecular weight excluding hydrogens is 491 g/mol. The molecule has 1 heterocycles. The highest BCUT2D eigenvalue weighted by atomic mass is 127. The van der Waals surface area contributed by atoms with Crippen LogP contribution in [-0.2, 0) is 9.47 Å². The second kappa shape index (κ2) is 9.71. The van der Waals surface area contributed by atoms with Gasteiger partial charge in [0.25, 0.3) is 0 Å². The number of guanidine groups is 1. The minimum Gasteiger partial charge on any atom is -0.462 e. The number of aryl methyl sites for hydroxylation is 1. The van der Waals surface area contributed by atoms with Crippen LogP contribution in [0.25, 0.3) is 0 Å². The molecular formula is C19H33IN4O3S. The average molecular weight is 524 g/mol. The van der Waals surface area contributed by atoms with E-state index in [1.54, 1.807) is 21.1 Å². The molecule has 9 heteroatoms. The van der Waals surface area contributed by atoms with Gasteiger partial charge in [0.05, 0.1) is 23.9 Å². The van der Waals surface area contributed by atoms with E-state index in [9.17, 15) is 4.79 Å². The summed E-state index contributed by atoms with van der Waals surface area (Å²) >= 11 is 1.36. The fourth-order valence-corrected chi connectivity index (χ4v) is 4.28. The van der Waals surface area contributed by atoms with Gasteiger partial charge in [-0.2, -0.15) is 0 Å². The van der Waals surface area contributed by atoms with E-state index in [1.807, 2.05) is 13.8 Å². The molecule has 0 aromatic carbocycles. The number of carbonyl (C=O) groups excluding carboxylic acids is 1. The van der Waals surface area contributed by atoms with Crippen LogP contribution in [0.5, 0.6) is 0 Å². The van der Waals surface area contributed by atoms with E-state index in [0.29, 0.717) is 23.1 Å². The Bertz CT molecular complexity index is 722. The second-order valence-corrected chi connectivity index (χ2v) is 8.71. The third-order valence-electron chi connectivity index (χ3n) is 5.81. The van der Waals surface area contributed by atoms with Crippen LogP contribution in [0.3, 0.4) is 0 Å². The zero-order valence-electron chi connectivity index (χ0n) is 18.0. The molecule has 1 fully saturated rings. The fraction of sp³-hybridized carbons (Fsp3) is 0.737. The van der Waals surface area contributed by atoms with Crippen molar-refractivity contribution >= 4 is 47.2 Å². The first kappa shape index (κ1) is 25.1. The van der Waals surface area contributed by atoms with Gasteiger partial charge in [-0.15, -0.1) is 35.3 Å². The molecule has 1 aliphatic carbocycles. The largest absolute Gasteiger partial charge is 0.462 e. The Morgan fingerprint density at radius 2 is 2.07 bits per heavy atom. The Hall–Kier alpha value is -0.940. The first-order chi connectivity index (χ1) is 12.6. The molecule has 0 radical (unpaired) electrons. The van der Waals surface area contributed by atoms with Gasteiger partial charge in [-0.25, -0.2) is 9.78 Å². The molecule has 1 aromatic heterocycles. The normalized spacial score (nSPS) is 24.6. The summed E-state index contributed by atoms with van der Waals surface area (Å²) in [7, 11) is 3.51. The monoisotopic (exact) mass is 524 g/mol. The molecule has 0 spiro atoms. The predicted molar refractivity (Wildman–Crippen MR) is 124 cm³/mol. The average Bonchev–Trinajstić information content (AvgIpc) is 3.02. The molecule has 160 valence electrons. The lowest BCUT2D eigenvalue weighted by Gasteiger charge is -2.59. The van der Waals surface area contributed by atoms with Crippen LogP contribution < -0.4 is 10.6 Å². The van der Waals surface area contributed by atoms with Crippen LogP contribution in [0.15, 0.2) is 4.99 Å². The van der Waals surface area contributed by atoms with Gasteiger partial charge in [-0.3, -0.25) is 4.99 Å². The number of hydrogen-bond acceptors (Lipinski definition) is 6. The number of nitrogens with zero attached hydrogens (tertiary/aromatic N) is 2. The molecule has 0 saturated heterocycles. The topological polar surface area (TPSA) is 84.8 Å². The molecule has 1 aromatic rings. The Kier molecular flexibility index (Phi) is 8.70. The number of methoxy groups -OCH3 is 1. The van der Waals surface area contributed by atoms with Crippen molar-refractivity contribution in [3.63, 3.8) is 0 Å². The van der Waals surface area contributed by atoms with Gasteiger partial charge in [0, 0.05) is 25.6 Å². The number of esters is 1. The minimum atomic E-state index is -0.316. The molecule has 2 rings (SSSR count). The molecule has 28 heavy (non-hydrogen) atoms. The number of hydrogen-bond donors (Lipinski definition) is 2. The lowest BCUT2D eigenvalue weighted by atomic mass is 9.56. The molecule has 7 nitrogen and oxygen atoms in total. The third kappa shape index (κ3) is 4.79. The van der Waals surface area contributed by atoms with Crippen molar-refractivity contribution in [1.29, 1.82) is 0 Å². The molecule has 2 N–H and O–H groups in total. The summed E-state index contributed by atoms with van der Waals surface area (Å²) in [6.45, 7) is 12.5. The van der Waals surface area contributed by atoms with Crippen LogP contribution in [0.1, 0.15) is 67.5 Å². The minimum absolute atomic E-state index is 0. The summed E-state index contributed by atoms with van der Waals surface area (Å²) in [5.41, 5.74) is 0.536. The zero-order valence-corrected chi connectivity index (χ0v) is 21.2. The van der Waals surface area contributed by atoms with Crippen LogP contribution >= 0.6 is 35.3 Å². The maximum Gasteiger partial charge on any atom is 0.350 e. The van der Waals surface area contributed by atoms with Crippen molar-refractivity contribution in [1.82, 2.24) is 15.6 Å². The van der Waals surface area contributed by atoms with Gasteiger partial charge < -0.3 is 20.1 Å². The molecule has 0 bridgehead atoms. The number of aliphatic imine (C=N–C) groups is 1. The number of ether oxygens (including phenoxy) is 2. The van der Waals surface area contributed by atoms with Gasteiger partial charge >= 0.3 is 5.97 Å². The number of carbonyl (C=O) groups is 1. The zero-order chi connectivity index (χ0) is 20.4. The van der Waals surface area contributed by atoms with Crippen molar-refractivity contribution in [2.45, 2.75) is 65.6 Å². The number of nitrogens with one attached hydrogen (secondary N) is 2. The molecule has 1 aliphatic rings. The molecule has 0 aliphatic heterocycles. The van der Waals surface area contributed by atoms with Crippen molar-refractivity contribution in [2.24, 2.45) is 10.4 Å². The number of thiazole rings is 1. The maximum absolute atomic E-state index is 12.0. The fourth-order valence-electron chi connectivity index (χ4n) is 3.31. The summed E-state index contributed by atoms with van der Waals surface area (Å²) < 4.78 is 10.8. The molecule has 1 saturated carbocycles. The standard InChI is InChI=1S/C19H32N4O3S.HI/c1-9-26-16(24)14-11(2)21-15(27-14)12(3)22-17(20-7)23-13-10-19(6,25-8)18(13,4)5;/h12-13H,9-10H2,1-8H3,(H2,20,22,23);1H. The van der Waals surface area contributed by atoms with Crippen molar-refractivity contribution in [3.05, 3.63) is 15.6 Å². The molecule has 3 atom stereocenters. The Labute approximate surface area is 189 Å². The van der Waals surface area contributed by atoms with Crippen LogP contribution in [0.2, 0.25) is 0 Å². The van der Waals surface area contributed by atoms with Crippen molar-refractivity contribution in [3.8, 4) is 0 Å². The third-order valence-corrected chi connectivity index (χ3v) is 7.13. The second-order valence-electron chi connectivity index (χ2n) is 7.68. The predicted octanol–water partition coefficient (Wildman–Crippen LogP) is 3.68. The van der Waals surface area contributed by atoms with E-state index in [4.69, 9.17) is 9.47 Å². The van der Waals surface area contributed by atoms with Crippen LogP contribution in [-0.4, -0.2) is 49.3 Å². The number of halogens is 1. The highest BCUT2D eigenvalue weighted by Crippen LogP contribution is 2.51. The van der Waals surface area contributed by atoms with Gasteiger partial charge in [0.15, 0.2) is 5.96 Å². The summed E-state index contributed by atoms with van der Waals surface area (Å²) in [6.07, 6.45) is 0.912.